The third-order valence-corrected chi connectivity index (χ3v) is 4.49. The van der Waals surface area contributed by atoms with Gasteiger partial charge in [0.1, 0.15) is 5.82 Å². The summed E-state index contributed by atoms with van der Waals surface area (Å²) in [5.41, 5.74) is 6.99. The molecule has 8 nitrogen and oxygen atoms in total. The Bertz CT molecular complexity index is 777. The number of aromatic nitrogens is 3. The van der Waals surface area contributed by atoms with Gasteiger partial charge in [-0.15, -0.1) is 34.2 Å². The van der Waals surface area contributed by atoms with Crippen molar-refractivity contribution >= 4 is 29.9 Å². The number of halogens is 1. The van der Waals surface area contributed by atoms with E-state index in [1.54, 1.807) is 14.2 Å². The van der Waals surface area contributed by atoms with Gasteiger partial charge in [0.2, 0.25) is 0 Å². The molecular formula is C18H27IN6O2. The Hall–Kier alpha value is -2.04. The number of guanidine groups is 1. The lowest BCUT2D eigenvalue weighted by atomic mass is 10.2. The lowest BCUT2D eigenvalue weighted by Crippen LogP contribution is -2.32. The minimum absolute atomic E-state index is 0. The van der Waals surface area contributed by atoms with Gasteiger partial charge in [-0.3, -0.25) is 0 Å². The van der Waals surface area contributed by atoms with Crippen molar-refractivity contribution in [3.05, 3.63) is 35.4 Å². The third kappa shape index (κ3) is 5.47. The Morgan fingerprint density at radius 2 is 2.00 bits per heavy atom. The van der Waals surface area contributed by atoms with Crippen LogP contribution in [0.4, 0.5) is 0 Å². The van der Waals surface area contributed by atoms with Crippen LogP contribution in [-0.2, 0) is 26.1 Å². The van der Waals surface area contributed by atoms with Gasteiger partial charge in [-0.2, -0.15) is 0 Å². The zero-order chi connectivity index (χ0) is 18.4. The third-order valence-electron chi connectivity index (χ3n) is 4.49. The maximum Gasteiger partial charge on any atom is 0.189 e. The molecule has 0 amide bonds. The average molecular weight is 486 g/mol. The fraction of sp³-hybridized carbons (Fsp3) is 0.500. The summed E-state index contributed by atoms with van der Waals surface area (Å²) >= 11 is 0. The van der Waals surface area contributed by atoms with E-state index in [1.165, 1.54) is 19.3 Å². The topological polar surface area (TPSA) is 99.6 Å². The van der Waals surface area contributed by atoms with E-state index in [1.807, 2.05) is 18.2 Å². The molecule has 148 valence electrons. The summed E-state index contributed by atoms with van der Waals surface area (Å²) in [4.78, 5) is 4.38. The molecule has 0 unspecified atom stereocenters. The Morgan fingerprint density at radius 1 is 1.19 bits per heavy atom. The molecule has 0 aliphatic carbocycles. The number of hydrogen-bond acceptors (Lipinski definition) is 5. The molecule has 1 aliphatic heterocycles. The second kappa shape index (κ2) is 10.3. The van der Waals surface area contributed by atoms with Gasteiger partial charge >= 0.3 is 0 Å². The zero-order valence-electron chi connectivity index (χ0n) is 15.8. The molecule has 0 bridgehead atoms. The molecule has 27 heavy (non-hydrogen) atoms. The number of aliphatic imine (C=N–C) groups is 1. The van der Waals surface area contributed by atoms with E-state index in [9.17, 15) is 0 Å². The highest BCUT2D eigenvalue weighted by Crippen LogP contribution is 2.27. The van der Waals surface area contributed by atoms with Crippen molar-refractivity contribution in [2.24, 2.45) is 10.7 Å². The number of methoxy groups -OCH3 is 2. The van der Waals surface area contributed by atoms with Gasteiger partial charge in [-0.05, 0) is 30.5 Å². The smallest absolute Gasteiger partial charge is 0.189 e. The van der Waals surface area contributed by atoms with E-state index in [-0.39, 0.29) is 24.0 Å². The van der Waals surface area contributed by atoms with E-state index in [0.717, 1.165) is 30.2 Å². The van der Waals surface area contributed by atoms with Crippen LogP contribution < -0.4 is 20.5 Å². The van der Waals surface area contributed by atoms with Gasteiger partial charge in [-0.25, -0.2) is 4.99 Å². The molecule has 1 aromatic heterocycles. The number of benzene rings is 1. The predicted molar refractivity (Wildman–Crippen MR) is 115 cm³/mol. The van der Waals surface area contributed by atoms with Crippen LogP contribution in [0.15, 0.2) is 23.2 Å². The van der Waals surface area contributed by atoms with Crippen molar-refractivity contribution in [2.45, 2.75) is 45.3 Å². The van der Waals surface area contributed by atoms with Crippen molar-refractivity contribution in [1.29, 1.82) is 0 Å². The standard InChI is InChI=1S/C18H26N6O2.HI/c1-25-14-8-7-13(10-15(14)26-2)11-20-18(19)21-12-17-23-22-16-6-4-3-5-9-24(16)17;/h7-8,10H,3-6,9,11-12H2,1-2H3,(H3,19,20,21);1H. The van der Waals surface area contributed by atoms with E-state index < -0.39 is 0 Å². The molecule has 0 radical (unpaired) electrons. The lowest BCUT2D eigenvalue weighted by molar-refractivity contribution is 0.354. The summed E-state index contributed by atoms with van der Waals surface area (Å²) in [7, 11) is 3.23. The Labute approximate surface area is 176 Å². The van der Waals surface area contributed by atoms with Crippen LogP contribution in [0, 0.1) is 0 Å². The Morgan fingerprint density at radius 3 is 2.78 bits per heavy atom. The molecular weight excluding hydrogens is 459 g/mol. The summed E-state index contributed by atoms with van der Waals surface area (Å²) in [5.74, 6) is 3.73. The van der Waals surface area contributed by atoms with Crippen LogP contribution in [0.1, 0.15) is 36.5 Å². The summed E-state index contributed by atoms with van der Waals surface area (Å²) in [5, 5.41) is 11.7. The maximum absolute atomic E-state index is 6.00. The first-order valence-corrected chi connectivity index (χ1v) is 8.87. The van der Waals surface area contributed by atoms with E-state index in [4.69, 9.17) is 15.2 Å². The van der Waals surface area contributed by atoms with E-state index in [2.05, 4.69) is 25.1 Å². The van der Waals surface area contributed by atoms with Crippen molar-refractivity contribution in [3.63, 3.8) is 0 Å². The molecule has 9 heteroatoms. The van der Waals surface area contributed by atoms with Gasteiger partial charge in [0, 0.05) is 13.0 Å². The van der Waals surface area contributed by atoms with Crippen molar-refractivity contribution in [3.8, 4) is 11.5 Å². The minimum atomic E-state index is 0. The van der Waals surface area contributed by atoms with Gasteiger partial charge in [0.15, 0.2) is 23.3 Å². The van der Waals surface area contributed by atoms with Crippen LogP contribution in [0.2, 0.25) is 0 Å². The Balaban J connectivity index is 0.00000261. The molecule has 3 rings (SSSR count). The average Bonchev–Trinajstić information content (AvgIpc) is 2.90. The van der Waals surface area contributed by atoms with E-state index in [0.29, 0.717) is 30.5 Å². The van der Waals surface area contributed by atoms with Crippen LogP contribution >= 0.6 is 24.0 Å². The maximum atomic E-state index is 6.00. The highest BCUT2D eigenvalue weighted by atomic mass is 127. The normalized spacial score (nSPS) is 13.9. The lowest BCUT2D eigenvalue weighted by Gasteiger charge is -2.10. The van der Waals surface area contributed by atoms with Crippen LogP contribution in [0.5, 0.6) is 11.5 Å². The molecule has 2 heterocycles. The van der Waals surface area contributed by atoms with Gasteiger partial charge in [0.25, 0.3) is 0 Å². The van der Waals surface area contributed by atoms with Crippen LogP contribution in [0.25, 0.3) is 0 Å². The second-order valence-corrected chi connectivity index (χ2v) is 6.24. The SMILES string of the molecule is COc1ccc(CN=C(N)NCc2nnc3n2CCCCC3)cc1OC.I. The summed E-state index contributed by atoms with van der Waals surface area (Å²) in [6.45, 7) is 1.95. The number of rotatable bonds is 6. The molecule has 2 aromatic rings. The molecule has 0 saturated carbocycles. The van der Waals surface area contributed by atoms with Gasteiger partial charge < -0.3 is 25.1 Å². The highest BCUT2D eigenvalue weighted by Gasteiger charge is 2.14. The predicted octanol–water partition coefficient (Wildman–Crippen LogP) is 2.24. The number of ether oxygens (including phenoxy) is 2. The number of nitrogens with two attached hydrogens (primary N) is 1. The van der Waals surface area contributed by atoms with Crippen molar-refractivity contribution < 1.29 is 9.47 Å². The second-order valence-electron chi connectivity index (χ2n) is 6.24. The fourth-order valence-corrected chi connectivity index (χ4v) is 3.06. The number of nitrogens with zero attached hydrogens (tertiary/aromatic N) is 4. The molecule has 1 aromatic carbocycles. The minimum Gasteiger partial charge on any atom is -0.493 e. The highest BCUT2D eigenvalue weighted by molar-refractivity contribution is 14.0. The summed E-state index contributed by atoms with van der Waals surface area (Å²) < 4.78 is 12.7. The first-order chi connectivity index (χ1) is 12.7. The number of fused-ring (bicyclic) bond motifs is 1. The molecule has 3 N–H and O–H groups in total. The number of hydrogen-bond donors (Lipinski definition) is 2. The summed E-state index contributed by atoms with van der Waals surface area (Å²) in [6.07, 6.45) is 4.59. The van der Waals surface area contributed by atoms with E-state index >= 15 is 0 Å². The van der Waals surface area contributed by atoms with Crippen LogP contribution in [0.3, 0.4) is 0 Å². The molecule has 0 fully saturated rings. The van der Waals surface area contributed by atoms with Crippen LogP contribution in [-0.4, -0.2) is 34.9 Å². The zero-order valence-corrected chi connectivity index (χ0v) is 18.1. The molecule has 0 saturated heterocycles. The summed E-state index contributed by atoms with van der Waals surface area (Å²) in [6, 6.07) is 5.70. The van der Waals surface area contributed by atoms with Gasteiger partial charge in [-0.1, -0.05) is 12.5 Å². The Kier molecular flexibility index (Phi) is 8.14. The molecule has 0 spiro atoms. The van der Waals surface area contributed by atoms with Crippen molar-refractivity contribution in [1.82, 2.24) is 20.1 Å². The quantitative estimate of drug-likeness (QED) is 0.369. The first kappa shape index (κ1) is 21.3. The molecule has 1 aliphatic rings. The van der Waals surface area contributed by atoms with Crippen molar-refractivity contribution in [2.75, 3.05) is 14.2 Å². The monoisotopic (exact) mass is 486 g/mol. The number of aryl methyl sites for hydroxylation is 1. The number of nitrogens with one attached hydrogen (secondary N) is 1. The van der Waals surface area contributed by atoms with Gasteiger partial charge in [0.05, 0.1) is 27.3 Å². The molecule has 0 atom stereocenters. The first-order valence-electron chi connectivity index (χ1n) is 8.87. The largest absolute Gasteiger partial charge is 0.493 e. The fourth-order valence-electron chi connectivity index (χ4n) is 3.06.